The van der Waals surface area contributed by atoms with E-state index in [9.17, 15) is 9.90 Å². The normalized spacial score (nSPS) is 14.7. The second-order valence-electron chi connectivity index (χ2n) is 7.74. The van der Waals surface area contributed by atoms with Crippen molar-refractivity contribution in [3.63, 3.8) is 0 Å². The molecule has 3 aromatic rings. The maximum absolute atomic E-state index is 10.9. The molecule has 0 N–H and O–H groups in total. The Morgan fingerprint density at radius 2 is 1.81 bits per heavy atom. The average Bonchev–Trinajstić information content (AvgIpc) is 3.14. The number of benzene rings is 2. The molecule has 160 valence electrons. The first-order valence-corrected chi connectivity index (χ1v) is 11.4. The highest BCUT2D eigenvalue weighted by Crippen LogP contribution is 2.38. The van der Waals surface area contributed by atoms with Crippen LogP contribution in [0, 0.1) is 0 Å². The molecule has 1 aliphatic rings. The number of carboxylic acid groups (broad SMARTS) is 1. The highest BCUT2D eigenvalue weighted by atomic mass is 79.9. The molecule has 0 atom stereocenters. The third-order valence-corrected chi connectivity index (χ3v) is 6.33. The monoisotopic (exact) mass is 479 g/mol. The van der Waals surface area contributed by atoms with Crippen LogP contribution in [0.15, 0.2) is 65.1 Å². The number of hydrogen-bond donors (Lipinski definition) is 0. The highest BCUT2D eigenvalue weighted by molar-refractivity contribution is 9.10. The van der Waals surface area contributed by atoms with Gasteiger partial charge in [-0.1, -0.05) is 49.6 Å². The summed E-state index contributed by atoms with van der Waals surface area (Å²) in [6.07, 6.45) is 8.25. The summed E-state index contributed by atoms with van der Waals surface area (Å²) >= 11 is 3.66. The quantitative estimate of drug-likeness (QED) is 0.438. The van der Waals surface area contributed by atoms with Crippen LogP contribution in [-0.4, -0.2) is 15.7 Å². The standard InChI is InChI=1S/C25H25BrN2O3/c26-24-22(15-16-23(29)30)27-28(20-9-5-2-6-10-20)25(24)19-11-13-21(14-12-19)31-17-18-7-3-1-4-8-18/h1,3-4,7-8,11-16,20H,2,5-6,9-10,17H2,(H,29,30)/p-1/b16-15+. The minimum Gasteiger partial charge on any atom is -0.545 e. The van der Waals surface area contributed by atoms with E-state index in [0.717, 1.165) is 46.0 Å². The number of nitrogens with zero attached hydrogens (tertiary/aromatic N) is 2. The fraction of sp³-hybridized carbons (Fsp3) is 0.280. The van der Waals surface area contributed by atoms with Crippen molar-refractivity contribution in [1.82, 2.24) is 9.78 Å². The predicted molar refractivity (Wildman–Crippen MR) is 122 cm³/mol. The highest BCUT2D eigenvalue weighted by Gasteiger charge is 2.23. The van der Waals surface area contributed by atoms with Crippen molar-refractivity contribution in [1.29, 1.82) is 0 Å². The molecule has 5 nitrogen and oxygen atoms in total. The summed E-state index contributed by atoms with van der Waals surface area (Å²) in [6, 6.07) is 18.3. The summed E-state index contributed by atoms with van der Waals surface area (Å²) in [4.78, 5) is 10.9. The summed E-state index contributed by atoms with van der Waals surface area (Å²) in [5, 5.41) is 15.6. The molecule has 0 amide bonds. The molecule has 1 saturated carbocycles. The SMILES string of the molecule is O=C([O-])/C=C/c1nn(C2CCCCC2)c(-c2ccc(OCc3ccccc3)cc2)c1Br. The van der Waals surface area contributed by atoms with E-state index >= 15 is 0 Å². The molecule has 0 bridgehead atoms. The molecular weight excluding hydrogens is 456 g/mol. The molecule has 2 aromatic carbocycles. The first-order chi connectivity index (χ1) is 15.1. The maximum Gasteiger partial charge on any atom is 0.119 e. The van der Waals surface area contributed by atoms with Gasteiger partial charge in [-0.15, -0.1) is 0 Å². The van der Waals surface area contributed by atoms with E-state index < -0.39 is 5.97 Å². The first kappa shape index (κ1) is 21.4. The van der Waals surface area contributed by atoms with Crippen molar-refractivity contribution < 1.29 is 14.6 Å². The van der Waals surface area contributed by atoms with E-state index in [-0.39, 0.29) is 0 Å². The molecular formula is C25H24BrN2O3-. The van der Waals surface area contributed by atoms with E-state index in [4.69, 9.17) is 9.84 Å². The van der Waals surface area contributed by atoms with Crippen LogP contribution in [0.2, 0.25) is 0 Å². The summed E-state index contributed by atoms with van der Waals surface area (Å²) in [5.41, 5.74) is 3.67. The largest absolute Gasteiger partial charge is 0.545 e. The maximum atomic E-state index is 10.9. The van der Waals surface area contributed by atoms with Gasteiger partial charge in [0.1, 0.15) is 18.1 Å². The third kappa shape index (κ3) is 5.25. The topological polar surface area (TPSA) is 67.2 Å². The Morgan fingerprint density at radius 3 is 2.48 bits per heavy atom. The van der Waals surface area contributed by atoms with Gasteiger partial charge in [-0.2, -0.15) is 5.10 Å². The minimum absolute atomic E-state index is 0.305. The Kier molecular flexibility index (Phi) is 6.87. The number of carboxylic acids is 1. The van der Waals surface area contributed by atoms with E-state index in [1.54, 1.807) is 0 Å². The van der Waals surface area contributed by atoms with Crippen molar-refractivity contribution in [3.8, 4) is 17.0 Å². The minimum atomic E-state index is -1.24. The van der Waals surface area contributed by atoms with Gasteiger partial charge in [0.05, 0.1) is 22.2 Å². The summed E-state index contributed by atoms with van der Waals surface area (Å²) < 4.78 is 8.75. The second-order valence-corrected chi connectivity index (χ2v) is 8.53. The zero-order valence-electron chi connectivity index (χ0n) is 17.2. The number of halogens is 1. The van der Waals surface area contributed by atoms with E-state index in [1.165, 1.54) is 25.3 Å². The third-order valence-electron chi connectivity index (χ3n) is 5.55. The Labute approximate surface area is 190 Å². The molecule has 0 radical (unpaired) electrons. The Morgan fingerprint density at radius 1 is 1.10 bits per heavy atom. The van der Waals surface area contributed by atoms with Crippen LogP contribution in [0.5, 0.6) is 5.75 Å². The van der Waals surface area contributed by atoms with Crippen molar-refractivity contribution in [2.75, 3.05) is 0 Å². The molecule has 0 saturated heterocycles. The van der Waals surface area contributed by atoms with Crippen LogP contribution in [-0.2, 0) is 11.4 Å². The van der Waals surface area contributed by atoms with Crippen LogP contribution >= 0.6 is 15.9 Å². The zero-order chi connectivity index (χ0) is 21.6. The number of ether oxygens (including phenoxy) is 1. The molecule has 4 rings (SSSR count). The van der Waals surface area contributed by atoms with E-state index in [1.807, 2.05) is 54.6 Å². The van der Waals surface area contributed by atoms with Crippen molar-refractivity contribution in [2.45, 2.75) is 44.8 Å². The van der Waals surface area contributed by atoms with Gasteiger partial charge in [0, 0.05) is 5.56 Å². The summed E-state index contributed by atoms with van der Waals surface area (Å²) in [7, 11) is 0. The summed E-state index contributed by atoms with van der Waals surface area (Å²) in [6.45, 7) is 0.516. The molecule has 0 unspecified atom stereocenters. The summed E-state index contributed by atoms with van der Waals surface area (Å²) in [5.74, 6) is -0.440. The lowest BCUT2D eigenvalue weighted by Crippen LogP contribution is -2.18. The van der Waals surface area contributed by atoms with Crippen molar-refractivity contribution >= 4 is 28.0 Å². The molecule has 1 aliphatic carbocycles. The molecule has 1 aromatic heterocycles. The number of rotatable bonds is 7. The molecule has 6 heteroatoms. The number of carbonyl (C=O) groups is 1. The van der Waals surface area contributed by atoms with Gasteiger partial charge >= 0.3 is 0 Å². The van der Waals surface area contributed by atoms with Crippen LogP contribution in [0.1, 0.15) is 49.4 Å². The Balaban J connectivity index is 1.61. The Hall–Kier alpha value is -2.86. The number of aromatic nitrogens is 2. The fourth-order valence-corrected chi connectivity index (χ4v) is 4.61. The lowest BCUT2D eigenvalue weighted by molar-refractivity contribution is -0.297. The molecule has 1 fully saturated rings. The van der Waals surface area contributed by atoms with Gasteiger partial charge in [-0.05, 0) is 70.8 Å². The van der Waals surface area contributed by atoms with E-state index in [0.29, 0.717) is 18.3 Å². The smallest absolute Gasteiger partial charge is 0.119 e. The Bertz CT molecular complexity index is 1050. The van der Waals surface area contributed by atoms with Crippen LogP contribution in [0.3, 0.4) is 0 Å². The van der Waals surface area contributed by atoms with Crippen molar-refractivity contribution in [2.24, 2.45) is 0 Å². The molecule has 31 heavy (non-hydrogen) atoms. The van der Waals surface area contributed by atoms with E-state index in [2.05, 4.69) is 20.6 Å². The fourth-order valence-electron chi connectivity index (χ4n) is 3.98. The van der Waals surface area contributed by atoms with Crippen LogP contribution in [0.25, 0.3) is 17.3 Å². The molecule has 1 heterocycles. The van der Waals surface area contributed by atoms with Crippen molar-refractivity contribution in [3.05, 3.63) is 76.4 Å². The average molecular weight is 480 g/mol. The van der Waals surface area contributed by atoms with Gasteiger partial charge in [0.25, 0.3) is 0 Å². The number of hydrogen-bond acceptors (Lipinski definition) is 4. The molecule has 0 spiro atoms. The zero-order valence-corrected chi connectivity index (χ0v) is 18.8. The van der Waals surface area contributed by atoms with Gasteiger partial charge in [-0.25, -0.2) is 0 Å². The number of carbonyl (C=O) groups excluding carboxylic acids is 1. The number of aliphatic carboxylic acids is 1. The lowest BCUT2D eigenvalue weighted by Gasteiger charge is -2.24. The first-order valence-electron chi connectivity index (χ1n) is 10.6. The van der Waals surface area contributed by atoms with Gasteiger partial charge in [0.2, 0.25) is 0 Å². The second kappa shape index (κ2) is 9.96. The van der Waals surface area contributed by atoms with Crippen LogP contribution in [0.4, 0.5) is 0 Å². The van der Waals surface area contributed by atoms with Crippen LogP contribution < -0.4 is 9.84 Å². The predicted octanol–water partition coefficient (Wildman–Crippen LogP) is 5.16. The molecule has 0 aliphatic heterocycles. The lowest BCUT2D eigenvalue weighted by atomic mass is 9.95. The van der Waals surface area contributed by atoms with Gasteiger partial charge in [0.15, 0.2) is 0 Å². The van der Waals surface area contributed by atoms with Gasteiger partial charge < -0.3 is 14.6 Å². The van der Waals surface area contributed by atoms with Gasteiger partial charge in [-0.3, -0.25) is 4.68 Å².